The van der Waals surface area contributed by atoms with Gasteiger partial charge in [-0.1, -0.05) is 18.2 Å². The highest BCUT2D eigenvalue weighted by Gasteiger charge is 2.20. The second kappa shape index (κ2) is 7.58. The van der Waals surface area contributed by atoms with Crippen LogP contribution in [0.15, 0.2) is 41.6 Å². The number of benzene rings is 1. The van der Waals surface area contributed by atoms with Crippen molar-refractivity contribution in [3.63, 3.8) is 0 Å². The van der Waals surface area contributed by atoms with Gasteiger partial charge in [0.05, 0.1) is 18.1 Å². The van der Waals surface area contributed by atoms with Crippen LogP contribution in [0, 0.1) is 6.92 Å². The van der Waals surface area contributed by atoms with Crippen LogP contribution in [0.1, 0.15) is 39.7 Å². The molecule has 0 spiro atoms. The molecule has 2 heterocycles. The fourth-order valence-corrected chi connectivity index (χ4v) is 3.30. The van der Waals surface area contributed by atoms with Crippen molar-refractivity contribution >= 4 is 22.6 Å². The van der Waals surface area contributed by atoms with E-state index in [1.165, 1.54) is 10.9 Å². The fourth-order valence-electron chi connectivity index (χ4n) is 3.30. The lowest BCUT2D eigenvalue weighted by atomic mass is 10.1. The maximum atomic E-state index is 12.8. The predicted octanol–water partition coefficient (Wildman–Crippen LogP) is 3.10. The van der Waals surface area contributed by atoms with Crippen LogP contribution in [0.4, 0.5) is 5.69 Å². The highest BCUT2D eigenvalue weighted by Crippen LogP contribution is 2.20. The average molecular weight is 381 g/mol. The highest BCUT2D eigenvalue weighted by atomic mass is 16.2. The summed E-state index contributed by atoms with van der Waals surface area (Å²) in [7, 11) is 0. The summed E-state index contributed by atoms with van der Waals surface area (Å²) in [5.41, 5.74) is 2.08. The molecule has 0 saturated carbocycles. The van der Waals surface area contributed by atoms with E-state index >= 15 is 0 Å². The van der Waals surface area contributed by atoms with Gasteiger partial charge < -0.3 is 4.90 Å². The van der Waals surface area contributed by atoms with Gasteiger partial charge in [0.15, 0.2) is 5.65 Å². The first-order chi connectivity index (χ1) is 13.2. The standard InChI is InChI=1S/C21H27N5O2/c1-6-25(17-10-8-7-9-15(17)2)18(27)11-12-24-14-22-19-16(20(24)28)13-23-26(19)21(3,4)5/h7-10,13-14H,6,11-12H2,1-5H3. The molecule has 7 nitrogen and oxygen atoms in total. The van der Waals surface area contributed by atoms with E-state index < -0.39 is 0 Å². The first-order valence-corrected chi connectivity index (χ1v) is 9.53. The lowest BCUT2D eigenvalue weighted by Crippen LogP contribution is -2.33. The molecule has 0 aliphatic carbocycles. The number of carbonyl (C=O) groups excluding carboxylic acids is 1. The van der Waals surface area contributed by atoms with Crippen molar-refractivity contribution in [2.24, 2.45) is 0 Å². The Morgan fingerprint density at radius 2 is 1.93 bits per heavy atom. The zero-order valence-electron chi connectivity index (χ0n) is 17.1. The van der Waals surface area contributed by atoms with Crippen molar-refractivity contribution in [1.82, 2.24) is 19.3 Å². The lowest BCUT2D eigenvalue weighted by molar-refractivity contribution is -0.118. The van der Waals surface area contributed by atoms with Gasteiger partial charge in [-0.25, -0.2) is 9.67 Å². The average Bonchev–Trinajstić information content (AvgIpc) is 3.08. The SMILES string of the molecule is CCN(C(=O)CCn1cnc2c(cnn2C(C)(C)C)c1=O)c1ccccc1C. The monoisotopic (exact) mass is 381 g/mol. The largest absolute Gasteiger partial charge is 0.312 e. The molecule has 0 fully saturated rings. The number of amides is 1. The summed E-state index contributed by atoms with van der Waals surface area (Å²) in [4.78, 5) is 31.8. The minimum Gasteiger partial charge on any atom is -0.312 e. The Hall–Kier alpha value is -2.96. The molecule has 1 amide bonds. The normalized spacial score (nSPS) is 11.8. The van der Waals surface area contributed by atoms with Crippen molar-refractivity contribution in [3.05, 3.63) is 52.7 Å². The molecule has 1 aromatic carbocycles. The minimum absolute atomic E-state index is 0.0193. The molecule has 0 aliphatic rings. The molecule has 3 rings (SSSR count). The summed E-state index contributed by atoms with van der Waals surface area (Å²) >= 11 is 0. The van der Waals surface area contributed by atoms with Gasteiger partial charge in [0.25, 0.3) is 5.56 Å². The summed E-state index contributed by atoms with van der Waals surface area (Å²) in [6, 6.07) is 7.81. The molecule has 0 unspecified atom stereocenters. The number of aryl methyl sites for hydroxylation is 2. The van der Waals surface area contributed by atoms with Crippen LogP contribution < -0.4 is 10.5 Å². The highest BCUT2D eigenvalue weighted by molar-refractivity contribution is 5.94. The topological polar surface area (TPSA) is 73.0 Å². The summed E-state index contributed by atoms with van der Waals surface area (Å²) < 4.78 is 3.23. The van der Waals surface area contributed by atoms with Crippen molar-refractivity contribution in [3.8, 4) is 0 Å². The zero-order valence-corrected chi connectivity index (χ0v) is 17.1. The molecule has 0 bridgehead atoms. The van der Waals surface area contributed by atoms with E-state index in [0.29, 0.717) is 17.6 Å². The molecule has 2 aromatic heterocycles. The van der Waals surface area contributed by atoms with Crippen LogP contribution in [0.5, 0.6) is 0 Å². The zero-order chi connectivity index (χ0) is 20.5. The molecular formula is C21H27N5O2. The van der Waals surface area contributed by atoms with Gasteiger partial charge in [-0.2, -0.15) is 5.10 Å². The van der Waals surface area contributed by atoms with Crippen molar-refractivity contribution in [2.45, 2.75) is 53.1 Å². The quantitative estimate of drug-likeness (QED) is 0.681. The van der Waals surface area contributed by atoms with E-state index in [4.69, 9.17) is 0 Å². The second-order valence-electron chi connectivity index (χ2n) is 7.88. The smallest absolute Gasteiger partial charge is 0.264 e. The lowest BCUT2D eigenvalue weighted by Gasteiger charge is -2.23. The number of carbonyl (C=O) groups is 1. The van der Waals surface area contributed by atoms with E-state index in [-0.39, 0.29) is 30.0 Å². The van der Waals surface area contributed by atoms with Gasteiger partial charge >= 0.3 is 0 Å². The van der Waals surface area contributed by atoms with Gasteiger partial charge in [-0.3, -0.25) is 14.2 Å². The number of nitrogens with zero attached hydrogens (tertiary/aromatic N) is 5. The van der Waals surface area contributed by atoms with Crippen molar-refractivity contribution in [1.29, 1.82) is 0 Å². The Balaban J connectivity index is 1.82. The number of hydrogen-bond acceptors (Lipinski definition) is 4. The molecule has 7 heteroatoms. The fraction of sp³-hybridized carbons (Fsp3) is 0.429. The van der Waals surface area contributed by atoms with Crippen LogP contribution >= 0.6 is 0 Å². The number of aromatic nitrogens is 4. The molecule has 0 atom stereocenters. The number of fused-ring (bicyclic) bond motifs is 1. The van der Waals surface area contributed by atoms with E-state index in [0.717, 1.165) is 11.3 Å². The molecule has 28 heavy (non-hydrogen) atoms. The van der Waals surface area contributed by atoms with E-state index in [1.54, 1.807) is 15.8 Å². The molecule has 148 valence electrons. The summed E-state index contributed by atoms with van der Waals surface area (Å²) in [6.45, 7) is 10.8. The van der Waals surface area contributed by atoms with Crippen LogP contribution in [0.25, 0.3) is 11.0 Å². The Bertz CT molecular complexity index is 1060. The van der Waals surface area contributed by atoms with Crippen LogP contribution in [-0.4, -0.2) is 31.8 Å². The van der Waals surface area contributed by atoms with Crippen LogP contribution in [0.3, 0.4) is 0 Å². The number of hydrogen-bond donors (Lipinski definition) is 0. The number of para-hydroxylation sites is 1. The summed E-state index contributed by atoms with van der Waals surface area (Å²) in [5, 5.41) is 4.79. The number of rotatable bonds is 5. The van der Waals surface area contributed by atoms with E-state index in [2.05, 4.69) is 10.1 Å². The Kier molecular flexibility index (Phi) is 5.36. The molecule has 0 aliphatic heterocycles. The maximum Gasteiger partial charge on any atom is 0.264 e. The first kappa shape index (κ1) is 19.8. The maximum absolute atomic E-state index is 12.8. The summed E-state index contributed by atoms with van der Waals surface area (Å²) in [6.07, 6.45) is 3.29. The van der Waals surface area contributed by atoms with Crippen LogP contribution in [-0.2, 0) is 16.9 Å². The first-order valence-electron chi connectivity index (χ1n) is 9.53. The molecule has 3 aromatic rings. The van der Waals surface area contributed by atoms with Gasteiger partial charge in [0, 0.05) is 25.2 Å². The Labute approximate surface area is 164 Å². The van der Waals surface area contributed by atoms with Gasteiger partial charge in [-0.15, -0.1) is 0 Å². The summed E-state index contributed by atoms with van der Waals surface area (Å²) in [5.74, 6) is -0.0193. The Morgan fingerprint density at radius 1 is 1.21 bits per heavy atom. The van der Waals surface area contributed by atoms with Crippen molar-refractivity contribution < 1.29 is 4.79 Å². The van der Waals surface area contributed by atoms with E-state index in [9.17, 15) is 9.59 Å². The van der Waals surface area contributed by atoms with E-state index in [1.807, 2.05) is 58.9 Å². The van der Waals surface area contributed by atoms with Gasteiger partial charge in [-0.05, 0) is 46.2 Å². The minimum atomic E-state index is -0.265. The van der Waals surface area contributed by atoms with Gasteiger partial charge in [0.2, 0.25) is 5.91 Å². The predicted molar refractivity (Wildman–Crippen MR) is 111 cm³/mol. The molecule has 0 saturated heterocycles. The molecule has 0 radical (unpaired) electrons. The third kappa shape index (κ3) is 3.69. The second-order valence-corrected chi connectivity index (χ2v) is 7.88. The molecular weight excluding hydrogens is 354 g/mol. The van der Waals surface area contributed by atoms with Crippen LogP contribution in [0.2, 0.25) is 0 Å². The third-order valence-electron chi connectivity index (χ3n) is 4.78. The third-order valence-corrected chi connectivity index (χ3v) is 4.78. The molecule has 0 N–H and O–H groups in total. The van der Waals surface area contributed by atoms with Crippen molar-refractivity contribution in [2.75, 3.05) is 11.4 Å². The Morgan fingerprint density at radius 3 is 2.57 bits per heavy atom. The van der Waals surface area contributed by atoms with Gasteiger partial charge in [0.1, 0.15) is 5.39 Å². The number of anilines is 1.